The second-order valence-corrected chi connectivity index (χ2v) is 4.62. The van der Waals surface area contributed by atoms with Crippen LogP contribution < -0.4 is 10.6 Å². The maximum Gasteiger partial charge on any atom is 0.325 e. The van der Waals surface area contributed by atoms with Crippen LogP contribution in [-0.4, -0.2) is 16.0 Å². The summed E-state index contributed by atoms with van der Waals surface area (Å²) in [7, 11) is 0. The van der Waals surface area contributed by atoms with Crippen molar-refractivity contribution in [3.8, 4) is 0 Å². The molecule has 0 spiro atoms. The molecule has 1 heterocycles. The zero-order valence-electron chi connectivity index (χ0n) is 10.2. The lowest BCUT2D eigenvalue weighted by Gasteiger charge is -2.02. The van der Waals surface area contributed by atoms with Gasteiger partial charge < -0.3 is 5.32 Å². The molecule has 2 N–H and O–H groups in total. The van der Waals surface area contributed by atoms with Gasteiger partial charge in [0, 0.05) is 18.6 Å². The Balaban J connectivity index is 1.85. The van der Waals surface area contributed by atoms with E-state index in [0.717, 1.165) is 10.0 Å². The Hall–Kier alpha value is -2.28. The third kappa shape index (κ3) is 4.43. The fourth-order valence-electron chi connectivity index (χ4n) is 1.30. The van der Waals surface area contributed by atoms with Gasteiger partial charge in [0.05, 0.1) is 4.47 Å². The summed E-state index contributed by atoms with van der Waals surface area (Å²) in [5.74, 6) is -0.110. The monoisotopic (exact) mass is 336 g/mol. The average molecular weight is 337 g/mol. The molecule has 0 aliphatic rings. The molecule has 0 saturated heterocycles. The summed E-state index contributed by atoms with van der Waals surface area (Å²) in [5, 5.41) is 4.95. The molecule has 102 valence electrons. The fraction of sp³-hybridized carbons (Fsp3) is 0. The first kappa shape index (κ1) is 14.1. The Morgan fingerprint density at radius 3 is 2.50 bits per heavy atom. The van der Waals surface area contributed by atoms with E-state index in [9.17, 15) is 9.18 Å². The molecule has 0 saturated carbocycles. The maximum atomic E-state index is 12.7. The number of nitrogens with one attached hydrogen (secondary N) is 2. The summed E-state index contributed by atoms with van der Waals surface area (Å²) >= 11 is 3.19. The van der Waals surface area contributed by atoms with Crippen molar-refractivity contribution >= 4 is 34.0 Å². The van der Waals surface area contributed by atoms with E-state index in [0.29, 0.717) is 0 Å². The van der Waals surface area contributed by atoms with Crippen LogP contribution in [0.5, 0.6) is 0 Å². The lowest BCUT2D eigenvalue weighted by molar-refractivity contribution is 0.255. The van der Waals surface area contributed by atoms with Gasteiger partial charge in [-0.05, 0) is 39.7 Å². The number of nitrogens with zero attached hydrogens (tertiary/aromatic N) is 2. The van der Waals surface area contributed by atoms with Crippen LogP contribution >= 0.6 is 15.9 Å². The van der Waals surface area contributed by atoms with Crippen LogP contribution in [0.15, 0.2) is 47.3 Å². The molecule has 0 fully saturated rings. The van der Waals surface area contributed by atoms with Gasteiger partial charge in [0.2, 0.25) is 5.95 Å². The average Bonchev–Trinajstić information content (AvgIpc) is 2.44. The number of anilines is 1. The quantitative estimate of drug-likeness (QED) is 0.904. The van der Waals surface area contributed by atoms with Crippen molar-refractivity contribution in [2.24, 2.45) is 0 Å². The molecule has 2 amide bonds. The third-order valence-electron chi connectivity index (χ3n) is 2.21. The predicted molar refractivity (Wildman–Crippen MR) is 77.3 cm³/mol. The molecule has 0 atom stereocenters. The van der Waals surface area contributed by atoms with Crippen LogP contribution in [0.1, 0.15) is 5.56 Å². The van der Waals surface area contributed by atoms with Crippen LogP contribution in [-0.2, 0) is 0 Å². The number of hydrogen-bond donors (Lipinski definition) is 2. The zero-order valence-corrected chi connectivity index (χ0v) is 11.8. The van der Waals surface area contributed by atoms with Gasteiger partial charge in [0.25, 0.3) is 0 Å². The second-order valence-electron chi connectivity index (χ2n) is 3.71. The van der Waals surface area contributed by atoms with Gasteiger partial charge in [0.15, 0.2) is 0 Å². The second kappa shape index (κ2) is 6.76. The Kier molecular flexibility index (Phi) is 4.78. The van der Waals surface area contributed by atoms with E-state index in [2.05, 4.69) is 36.5 Å². The number of rotatable bonds is 3. The number of carbonyl (C=O) groups excluding carboxylic acids is 1. The number of amides is 2. The van der Waals surface area contributed by atoms with Crippen LogP contribution in [0, 0.1) is 5.82 Å². The molecule has 0 unspecified atom stereocenters. The number of benzene rings is 1. The van der Waals surface area contributed by atoms with E-state index in [-0.39, 0.29) is 11.8 Å². The van der Waals surface area contributed by atoms with Crippen LogP contribution in [0.3, 0.4) is 0 Å². The molecule has 2 rings (SSSR count). The smallest absolute Gasteiger partial charge is 0.314 e. The van der Waals surface area contributed by atoms with Crippen LogP contribution in [0.25, 0.3) is 6.08 Å². The SMILES string of the molecule is O=C(N/C=C/c1ccc(F)cc1)Nc1ncc(Br)cn1. The van der Waals surface area contributed by atoms with E-state index in [1.165, 1.54) is 30.7 Å². The molecular weight excluding hydrogens is 327 g/mol. The standard InChI is InChI=1S/C13H10BrFN4O/c14-10-7-17-12(18-8-10)19-13(20)16-6-5-9-1-3-11(15)4-2-9/h1-8H,(H2,16,17,18,19,20)/b6-5+. The van der Waals surface area contributed by atoms with Crippen molar-refractivity contribution in [1.82, 2.24) is 15.3 Å². The highest BCUT2D eigenvalue weighted by atomic mass is 79.9. The topological polar surface area (TPSA) is 66.9 Å². The molecule has 1 aromatic heterocycles. The molecule has 2 aromatic rings. The highest BCUT2D eigenvalue weighted by Crippen LogP contribution is 2.06. The molecular formula is C13H10BrFN4O. The molecule has 5 nitrogen and oxygen atoms in total. The van der Waals surface area contributed by atoms with E-state index >= 15 is 0 Å². The predicted octanol–water partition coefficient (Wildman–Crippen LogP) is 3.17. The lowest BCUT2D eigenvalue weighted by atomic mass is 10.2. The summed E-state index contributed by atoms with van der Waals surface area (Å²) in [6.07, 6.45) is 6.14. The van der Waals surface area contributed by atoms with Gasteiger partial charge >= 0.3 is 6.03 Å². The van der Waals surface area contributed by atoms with Crippen molar-refractivity contribution in [3.63, 3.8) is 0 Å². The van der Waals surface area contributed by atoms with E-state index in [1.807, 2.05) is 0 Å². The van der Waals surface area contributed by atoms with Crippen molar-refractivity contribution < 1.29 is 9.18 Å². The lowest BCUT2D eigenvalue weighted by Crippen LogP contribution is -2.24. The van der Waals surface area contributed by atoms with Crippen molar-refractivity contribution in [3.05, 3.63) is 58.7 Å². The van der Waals surface area contributed by atoms with Crippen molar-refractivity contribution in [1.29, 1.82) is 0 Å². The number of carbonyl (C=O) groups is 1. The minimum Gasteiger partial charge on any atom is -0.314 e. The molecule has 0 aliphatic heterocycles. The Morgan fingerprint density at radius 1 is 1.20 bits per heavy atom. The number of halogens is 2. The molecule has 7 heteroatoms. The normalized spacial score (nSPS) is 10.5. The maximum absolute atomic E-state index is 12.7. The van der Waals surface area contributed by atoms with Gasteiger partial charge in [0.1, 0.15) is 5.82 Å². The van der Waals surface area contributed by atoms with Gasteiger partial charge in [-0.1, -0.05) is 12.1 Å². The van der Waals surface area contributed by atoms with Gasteiger partial charge in [-0.2, -0.15) is 0 Å². The molecule has 0 bridgehead atoms. The first-order chi connectivity index (χ1) is 9.63. The summed E-state index contributed by atoms with van der Waals surface area (Å²) in [4.78, 5) is 19.3. The summed E-state index contributed by atoms with van der Waals surface area (Å²) in [5.41, 5.74) is 0.770. The minimum atomic E-state index is -0.467. The Bertz CT molecular complexity index is 613. The van der Waals surface area contributed by atoms with E-state index in [1.54, 1.807) is 18.2 Å². The van der Waals surface area contributed by atoms with Crippen LogP contribution in [0.2, 0.25) is 0 Å². The Labute approximate surface area is 123 Å². The largest absolute Gasteiger partial charge is 0.325 e. The van der Waals surface area contributed by atoms with Gasteiger partial charge in [-0.15, -0.1) is 0 Å². The Morgan fingerprint density at radius 2 is 1.85 bits per heavy atom. The first-order valence-electron chi connectivity index (χ1n) is 5.61. The van der Waals surface area contributed by atoms with Crippen molar-refractivity contribution in [2.45, 2.75) is 0 Å². The van der Waals surface area contributed by atoms with Crippen molar-refractivity contribution in [2.75, 3.05) is 5.32 Å². The van der Waals surface area contributed by atoms with Gasteiger partial charge in [-0.3, -0.25) is 5.32 Å². The summed E-state index contributed by atoms with van der Waals surface area (Å²) < 4.78 is 13.4. The number of urea groups is 1. The number of hydrogen-bond acceptors (Lipinski definition) is 3. The fourth-order valence-corrected chi connectivity index (χ4v) is 1.51. The van der Waals surface area contributed by atoms with Crippen LogP contribution in [0.4, 0.5) is 15.1 Å². The minimum absolute atomic E-state index is 0.195. The molecule has 0 radical (unpaired) electrons. The highest BCUT2D eigenvalue weighted by molar-refractivity contribution is 9.10. The van der Waals surface area contributed by atoms with E-state index in [4.69, 9.17) is 0 Å². The summed E-state index contributed by atoms with van der Waals surface area (Å²) in [6.45, 7) is 0. The third-order valence-corrected chi connectivity index (χ3v) is 2.62. The summed E-state index contributed by atoms with van der Waals surface area (Å²) in [6, 6.07) is 5.42. The van der Waals surface area contributed by atoms with E-state index < -0.39 is 6.03 Å². The highest BCUT2D eigenvalue weighted by Gasteiger charge is 2.01. The zero-order chi connectivity index (χ0) is 14.4. The molecule has 1 aromatic carbocycles. The first-order valence-corrected chi connectivity index (χ1v) is 6.40. The van der Waals surface area contributed by atoms with Gasteiger partial charge in [-0.25, -0.2) is 19.2 Å². The molecule has 0 aliphatic carbocycles. The molecule has 20 heavy (non-hydrogen) atoms. The number of aromatic nitrogens is 2.